The van der Waals surface area contributed by atoms with E-state index in [0.29, 0.717) is 31.8 Å². The molecule has 5 rings (SSSR count). The maximum absolute atomic E-state index is 13.9. The van der Waals surface area contributed by atoms with Crippen molar-refractivity contribution in [1.29, 1.82) is 0 Å². The highest BCUT2D eigenvalue weighted by atomic mass is 16.6. The van der Waals surface area contributed by atoms with Crippen molar-refractivity contribution in [1.82, 2.24) is 19.8 Å². The van der Waals surface area contributed by atoms with E-state index in [9.17, 15) is 14.4 Å². The molecule has 0 radical (unpaired) electrons. The standard InChI is InChI=1S/C39H49N5O6/c1-39(2,3)50-38(48)41-32(23-27-12-14-28(15-13-27)29-16-18-31(19-17-29)40-35(46)26-45)24-36(47)43-20-7-9-30(25-43)37-42-33-10-5-6-11-34(33)44(37)21-8-22-49-4/h5-6,10-19,30,32,45H,7-9,20-26H2,1-4H3,(H,40,46)(H,41,48)/t30-,32-/m1/s1. The van der Waals surface area contributed by atoms with E-state index in [1.807, 2.05) is 80.3 Å². The van der Waals surface area contributed by atoms with Gasteiger partial charge in [-0.05, 0) is 87.4 Å². The second-order valence-corrected chi connectivity index (χ2v) is 13.9. The fraction of sp³-hybridized carbons (Fsp3) is 0.436. The molecule has 2 atom stereocenters. The Balaban J connectivity index is 1.29. The third kappa shape index (κ3) is 9.92. The predicted molar refractivity (Wildman–Crippen MR) is 194 cm³/mol. The van der Waals surface area contributed by atoms with Crippen LogP contribution < -0.4 is 10.6 Å². The third-order valence-corrected chi connectivity index (χ3v) is 8.78. The summed E-state index contributed by atoms with van der Waals surface area (Å²) in [5.74, 6) is 0.632. The lowest BCUT2D eigenvalue weighted by Gasteiger charge is -2.34. The molecule has 3 amide bonds. The Morgan fingerprint density at radius 1 is 1.00 bits per heavy atom. The number of para-hydroxylation sites is 2. The summed E-state index contributed by atoms with van der Waals surface area (Å²) in [5.41, 5.74) is 4.89. The zero-order chi connectivity index (χ0) is 35.7. The molecule has 1 saturated heterocycles. The van der Waals surface area contributed by atoms with Crippen LogP contribution in [0.1, 0.15) is 63.8 Å². The molecule has 4 aromatic rings. The summed E-state index contributed by atoms with van der Waals surface area (Å²) >= 11 is 0. The number of imidazole rings is 1. The number of aromatic nitrogens is 2. The van der Waals surface area contributed by atoms with Crippen LogP contribution in [-0.2, 0) is 32.0 Å². The van der Waals surface area contributed by atoms with Gasteiger partial charge >= 0.3 is 6.09 Å². The molecule has 1 fully saturated rings. The summed E-state index contributed by atoms with van der Waals surface area (Å²) in [6, 6.07) is 23.0. The first-order valence-electron chi connectivity index (χ1n) is 17.3. The molecule has 0 bridgehead atoms. The van der Waals surface area contributed by atoms with Gasteiger partial charge in [0, 0.05) is 57.4 Å². The molecule has 3 aromatic carbocycles. The molecule has 0 spiro atoms. The summed E-state index contributed by atoms with van der Waals surface area (Å²) in [7, 11) is 1.71. The number of anilines is 1. The first-order chi connectivity index (χ1) is 24.0. The van der Waals surface area contributed by atoms with Crippen molar-refractivity contribution in [2.24, 2.45) is 0 Å². The molecular formula is C39H49N5O6. The van der Waals surface area contributed by atoms with Crippen LogP contribution in [0.25, 0.3) is 22.2 Å². The second-order valence-electron chi connectivity index (χ2n) is 13.9. The number of carbonyl (C=O) groups is 3. The number of rotatable bonds is 13. The van der Waals surface area contributed by atoms with E-state index >= 15 is 0 Å². The molecule has 0 aliphatic carbocycles. The number of nitrogens with one attached hydrogen (secondary N) is 2. The van der Waals surface area contributed by atoms with Gasteiger partial charge in [0.05, 0.1) is 11.0 Å². The Kier molecular flexibility index (Phi) is 12.3. The molecule has 2 heterocycles. The zero-order valence-electron chi connectivity index (χ0n) is 29.5. The maximum Gasteiger partial charge on any atom is 0.407 e. The second kappa shape index (κ2) is 16.8. The highest BCUT2D eigenvalue weighted by Crippen LogP contribution is 2.30. The van der Waals surface area contributed by atoms with Crippen molar-refractivity contribution in [3.63, 3.8) is 0 Å². The van der Waals surface area contributed by atoms with Gasteiger partial charge in [-0.1, -0.05) is 48.5 Å². The van der Waals surface area contributed by atoms with Crippen molar-refractivity contribution in [3.8, 4) is 11.1 Å². The highest BCUT2D eigenvalue weighted by Gasteiger charge is 2.30. The average molecular weight is 684 g/mol. The third-order valence-electron chi connectivity index (χ3n) is 8.78. The Hall–Kier alpha value is -4.74. The number of hydrogen-bond donors (Lipinski definition) is 3. The SMILES string of the molecule is COCCCn1c([C@@H]2CCCN(C(=O)C[C@@H](Cc3ccc(-c4ccc(NC(=O)CO)cc4)cc3)NC(=O)OC(C)(C)C)C2)nc2ccccc21. The molecule has 0 saturated carbocycles. The van der Waals surface area contributed by atoms with E-state index in [1.54, 1.807) is 19.2 Å². The zero-order valence-corrected chi connectivity index (χ0v) is 29.5. The van der Waals surface area contributed by atoms with E-state index in [0.717, 1.165) is 59.4 Å². The Bertz CT molecular complexity index is 1750. The Morgan fingerprint density at radius 2 is 1.70 bits per heavy atom. The number of amides is 3. The quantitative estimate of drug-likeness (QED) is 0.149. The summed E-state index contributed by atoms with van der Waals surface area (Å²) < 4.78 is 13.2. The lowest BCUT2D eigenvalue weighted by Crippen LogP contribution is -2.46. The van der Waals surface area contributed by atoms with Gasteiger partial charge in [0.2, 0.25) is 11.8 Å². The monoisotopic (exact) mass is 683 g/mol. The predicted octanol–water partition coefficient (Wildman–Crippen LogP) is 5.90. The van der Waals surface area contributed by atoms with Gasteiger partial charge < -0.3 is 34.7 Å². The minimum atomic E-state index is -0.675. The molecule has 3 N–H and O–H groups in total. The number of nitrogens with zero attached hydrogens (tertiary/aromatic N) is 3. The van der Waals surface area contributed by atoms with Gasteiger partial charge in [-0.25, -0.2) is 9.78 Å². The lowest BCUT2D eigenvalue weighted by molar-refractivity contribution is -0.133. The molecule has 1 aliphatic heterocycles. The van der Waals surface area contributed by atoms with Crippen molar-refractivity contribution < 1.29 is 29.0 Å². The van der Waals surface area contributed by atoms with Gasteiger partial charge in [0.25, 0.3) is 0 Å². The molecule has 11 nitrogen and oxygen atoms in total. The number of alkyl carbamates (subject to hydrolysis) is 1. The molecule has 11 heteroatoms. The summed E-state index contributed by atoms with van der Waals surface area (Å²) in [4.78, 5) is 45.3. The lowest BCUT2D eigenvalue weighted by atomic mass is 9.95. The van der Waals surface area contributed by atoms with Gasteiger partial charge in [-0.2, -0.15) is 0 Å². The van der Waals surface area contributed by atoms with E-state index < -0.39 is 30.3 Å². The molecular weight excluding hydrogens is 634 g/mol. The molecule has 266 valence electrons. The number of benzene rings is 3. The molecule has 1 aliphatic rings. The van der Waals surface area contributed by atoms with Crippen LogP contribution in [0, 0.1) is 0 Å². The van der Waals surface area contributed by atoms with Crippen LogP contribution in [0.2, 0.25) is 0 Å². The smallest absolute Gasteiger partial charge is 0.407 e. The number of fused-ring (bicyclic) bond motifs is 1. The van der Waals surface area contributed by atoms with Crippen LogP contribution in [0.15, 0.2) is 72.8 Å². The van der Waals surface area contributed by atoms with Gasteiger partial charge in [-0.3, -0.25) is 9.59 Å². The van der Waals surface area contributed by atoms with Crippen LogP contribution in [0.5, 0.6) is 0 Å². The summed E-state index contributed by atoms with van der Waals surface area (Å²) in [5, 5.41) is 14.6. The topological polar surface area (TPSA) is 135 Å². The summed E-state index contributed by atoms with van der Waals surface area (Å²) in [6.45, 7) is 7.56. The van der Waals surface area contributed by atoms with Crippen LogP contribution in [0.3, 0.4) is 0 Å². The number of likely N-dealkylation sites (tertiary alicyclic amines) is 1. The van der Waals surface area contributed by atoms with Gasteiger partial charge in [0.1, 0.15) is 18.0 Å². The number of aryl methyl sites for hydroxylation is 1. The van der Waals surface area contributed by atoms with Crippen LogP contribution in [0.4, 0.5) is 10.5 Å². The number of piperidine rings is 1. The van der Waals surface area contributed by atoms with E-state index in [2.05, 4.69) is 21.3 Å². The van der Waals surface area contributed by atoms with Crippen molar-refractivity contribution in [2.45, 2.75) is 77.0 Å². The number of ether oxygens (including phenoxy) is 2. The number of carbonyl (C=O) groups excluding carboxylic acids is 3. The van der Waals surface area contributed by atoms with Crippen LogP contribution in [-0.4, -0.2) is 82.5 Å². The Labute approximate surface area is 294 Å². The fourth-order valence-corrected chi connectivity index (χ4v) is 6.47. The minimum absolute atomic E-state index is 0.0113. The number of methoxy groups -OCH3 is 1. The first kappa shape index (κ1) is 36.5. The van der Waals surface area contributed by atoms with E-state index in [-0.39, 0.29) is 18.2 Å². The van der Waals surface area contributed by atoms with E-state index in [4.69, 9.17) is 19.6 Å². The number of aliphatic hydroxyl groups excluding tert-OH is 1. The molecule has 1 aromatic heterocycles. The summed E-state index contributed by atoms with van der Waals surface area (Å²) in [6.07, 6.45) is 2.72. The van der Waals surface area contributed by atoms with Crippen LogP contribution >= 0.6 is 0 Å². The fourth-order valence-electron chi connectivity index (χ4n) is 6.47. The van der Waals surface area contributed by atoms with Crippen molar-refractivity contribution in [2.75, 3.05) is 38.7 Å². The largest absolute Gasteiger partial charge is 0.444 e. The first-order valence-corrected chi connectivity index (χ1v) is 17.3. The molecule has 50 heavy (non-hydrogen) atoms. The number of aliphatic hydroxyl groups is 1. The van der Waals surface area contributed by atoms with Gasteiger partial charge in [0.15, 0.2) is 0 Å². The maximum atomic E-state index is 13.9. The highest BCUT2D eigenvalue weighted by molar-refractivity contribution is 5.91. The normalized spacial score (nSPS) is 15.5. The van der Waals surface area contributed by atoms with E-state index in [1.165, 1.54) is 0 Å². The average Bonchev–Trinajstić information content (AvgIpc) is 3.46. The van der Waals surface area contributed by atoms with Crippen molar-refractivity contribution >= 4 is 34.6 Å². The van der Waals surface area contributed by atoms with Crippen molar-refractivity contribution in [3.05, 3.63) is 84.2 Å². The van der Waals surface area contributed by atoms with Gasteiger partial charge in [-0.15, -0.1) is 0 Å². The number of hydrogen-bond acceptors (Lipinski definition) is 7. The minimum Gasteiger partial charge on any atom is -0.444 e. The Morgan fingerprint density at radius 3 is 2.38 bits per heavy atom. The molecule has 0 unspecified atom stereocenters.